The molecular formula is C7H9NO3. The van der Waals surface area contributed by atoms with Gasteiger partial charge in [0.15, 0.2) is 5.76 Å². The molecule has 1 N–H and O–H groups in total. The van der Waals surface area contributed by atoms with Crippen molar-refractivity contribution in [3.8, 4) is 0 Å². The lowest BCUT2D eigenvalue weighted by molar-refractivity contribution is 0.355. The molecule has 1 aromatic heterocycles. The van der Waals surface area contributed by atoms with Crippen LogP contribution in [0, 0.1) is 0 Å². The van der Waals surface area contributed by atoms with Crippen molar-refractivity contribution < 1.29 is 8.83 Å². The Balaban J connectivity index is 2.45. The van der Waals surface area contributed by atoms with Crippen molar-refractivity contribution >= 4 is 5.88 Å². The van der Waals surface area contributed by atoms with E-state index in [0.717, 1.165) is 0 Å². The smallest absolute Gasteiger partial charge is 0.393 e. The molecule has 0 saturated heterocycles. The van der Waals surface area contributed by atoms with Crippen molar-refractivity contribution in [2.24, 2.45) is 0 Å². The topological polar surface area (TPSA) is 55.4 Å². The van der Waals surface area contributed by atoms with Gasteiger partial charge in [-0.15, -0.1) is 0 Å². The van der Waals surface area contributed by atoms with Gasteiger partial charge in [0, 0.05) is 12.0 Å². The van der Waals surface area contributed by atoms with Crippen LogP contribution in [-0.4, -0.2) is 5.54 Å². The average molecular weight is 155 g/mol. The molecule has 60 valence electrons. The van der Waals surface area contributed by atoms with Gasteiger partial charge in [0.25, 0.3) is 0 Å². The van der Waals surface area contributed by atoms with Crippen LogP contribution in [0.15, 0.2) is 13.6 Å². The van der Waals surface area contributed by atoms with Crippen LogP contribution in [-0.2, 0) is 6.42 Å². The lowest BCUT2D eigenvalue weighted by Gasteiger charge is -2.16. The van der Waals surface area contributed by atoms with Crippen molar-refractivity contribution in [2.75, 3.05) is 5.32 Å². The Bertz CT molecular complexity index is 305. The summed E-state index contributed by atoms with van der Waals surface area (Å²) in [7, 11) is 0. The second kappa shape index (κ2) is 1.69. The zero-order valence-corrected chi connectivity index (χ0v) is 6.43. The predicted molar refractivity (Wildman–Crippen MR) is 38.6 cm³/mol. The molecule has 0 fully saturated rings. The third-order valence-electron chi connectivity index (χ3n) is 1.70. The molecule has 0 bridgehead atoms. The van der Waals surface area contributed by atoms with Crippen LogP contribution in [0.2, 0.25) is 0 Å². The zero-order chi connectivity index (χ0) is 8.06. The largest absolute Gasteiger partial charge is 0.520 e. The van der Waals surface area contributed by atoms with Crippen molar-refractivity contribution in [3.63, 3.8) is 0 Å². The summed E-state index contributed by atoms with van der Waals surface area (Å²) in [5.74, 6) is 0.484. The minimum atomic E-state index is -0.627. The Kier molecular flexibility index (Phi) is 1.00. The van der Waals surface area contributed by atoms with Crippen LogP contribution in [0.4, 0.5) is 5.88 Å². The molecule has 0 amide bonds. The van der Waals surface area contributed by atoms with E-state index < -0.39 is 5.82 Å². The number of hydrogen-bond acceptors (Lipinski definition) is 4. The summed E-state index contributed by atoms with van der Waals surface area (Å²) in [6.07, 6.45) is 0.702. The molecule has 0 radical (unpaired) electrons. The van der Waals surface area contributed by atoms with Crippen LogP contribution in [0.3, 0.4) is 0 Å². The molecule has 0 atom stereocenters. The van der Waals surface area contributed by atoms with E-state index in [1.807, 2.05) is 13.8 Å². The molecular weight excluding hydrogens is 146 g/mol. The standard InChI is InChI=1S/C7H9NO3/c1-7(2)3-4-5(8-7)11-6(9)10-4/h8H,3H2,1-2H3. The Labute approximate surface area is 63.2 Å². The summed E-state index contributed by atoms with van der Waals surface area (Å²) < 4.78 is 9.51. The molecule has 1 aliphatic heterocycles. The first-order valence-corrected chi connectivity index (χ1v) is 3.48. The van der Waals surface area contributed by atoms with E-state index in [1.54, 1.807) is 0 Å². The van der Waals surface area contributed by atoms with Gasteiger partial charge in [-0.25, -0.2) is 4.79 Å². The van der Waals surface area contributed by atoms with Crippen molar-refractivity contribution in [1.82, 2.24) is 0 Å². The number of anilines is 1. The predicted octanol–water partition coefficient (Wildman–Crippen LogP) is 0.979. The lowest BCUT2D eigenvalue weighted by atomic mass is 10.0. The van der Waals surface area contributed by atoms with Crippen LogP contribution >= 0.6 is 0 Å². The Morgan fingerprint density at radius 1 is 1.45 bits per heavy atom. The van der Waals surface area contributed by atoms with Crippen molar-refractivity contribution in [3.05, 3.63) is 16.4 Å². The summed E-state index contributed by atoms with van der Waals surface area (Å²) in [4.78, 5) is 10.5. The van der Waals surface area contributed by atoms with Crippen LogP contribution in [0.25, 0.3) is 0 Å². The van der Waals surface area contributed by atoms with E-state index in [-0.39, 0.29) is 5.54 Å². The van der Waals surface area contributed by atoms with E-state index in [0.29, 0.717) is 18.1 Å². The number of fused-ring (bicyclic) bond motifs is 1. The monoisotopic (exact) mass is 155 g/mol. The zero-order valence-electron chi connectivity index (χ0n) is 6.43. The molecule has 4 nitrogen and oxygen atoms in total. The van der Waals surface area contributed by atoms with Gasteiger partial charge in [0.2, 0.25) is 5.88 Å². The van der Waals surface area contributed by atoms with Crippen molar-refractivity contribution in [2.45, 2.75) is 25.8 Å². The fourth-order valence-corrected chi connectivity index (χ4v) is 1.27. The molecule has 0 aliphatic carbocycles. The van der Waals surface area contributed by atoms with Gasteiger partial charge in [-0.2, -0.15) is 0 Å². The average Bonchev–Trinajstić information content (AvgIpc) is 2.17. The minimum Gasteiger partial charge on any atom is -0.393 e. The van der Waals surface area contributed by atoms with Gasteiger partial charge in [-0.1, -0.05) is 0 Å². The van der Waals surface area contributed by atoms with Gasteiger partial charge in [0.05, 0.1) is 0 Å². The first-order chi connectivity index (χ1) is 5.07. The van der Waals surface area contributed by atoms with E-state index in [2.05, 4.69) is 5.32 Å². The summed E-state index contributed by atoms with van der Waals surface area (Å²) >= 11 is 0. The summed E-state index contributed by atoms with van der Waals surface area (Å²) in [6.45, 7) is 4.03. The molecule has 0 unspecified atom stereocenters. The maximum atomic E-state index is 10.5. The summed E-state index contributed by atoms with van der Waals surface area (Å²) in [5.41, 5.74) is -0.0502. The summed E-state index contributed by atoms with van der Waals surface area (Å²) in [6, 6.07) is 0. The molecule has 0 spiro atoms. The van der Waals surface area contributed by atoms with E-state index in [9.17, 15) is 4.79 Å². The maximum absolute atomic E-state index is 10.5. The molecule has 2 heterocycles. The first-order valence-electron chi connectivity index (χ1n) is 3.48. The van der Waals surface area contributed by atoms with E-state index >= 15 is 0 Å². The second-order valence-electron chi connectivity index (χ2n) is 3.39. The van der Waals surface area contributed by atoms with Crippen molar-refractivity contribution in [1.29, 1.82) is 0 Å². The fourth-order valence-electron chi connectivity index (χ4n) is 1.27. The van der Waals surface area contributed by atoms with Gasteiger partial charge in [0.1, 0.15) is 0 Å². The molecule has 2 rings (SSSR count). The van der Waals surface area contributed by atoms with Gasteiger partial charge in [-0.3, -0.25) is 0 Å². The Hall–Kier alpha value is -1.19. The number of hydrogen-bond donors (Lipinski definition) is 1. The normalized spacial score (nSPS) is 19.5. The first kappa shape index (κ1) is 6.52. The van der Waals surface area contributed by atoms with Crippen LogP contribution in [0.5, 0.6) is 0 Å². The quantitative estimate of drug-likeness (QED) is 0.606. The molecule has 4 heteroatoms. The van der Waals surface area contributed by atoms with Gasteiger partial charge < -0.3 is 14.2 Å². The molecule has 11 heavy (non-hydrogen) atoms. The third-order valence-corrected chi connectivity index (χ3v) is 1.70. The SMILES string of the molecule is CC1(C)Cc2oc(=O)oc2N1. The molecule has 0 aromatic carbocycles. The fraction of sp³-hybridized carbons (Fsp3) is 0.571. The molecule has 1 aromatic rings. The Morgan fingerprint density at radius 3 is 2.82 bits per heavy atom. The highest BCUT2D eigenvalue weighted by Gasteiger charge is 2.33. The lowest BCUT2D eigenvalue weighted by Crippen LogP contribution is -2.27. The number of nitrogens with one attached hydrogen (secondary N) is 1. The minimum absolute atomic E-state index is 0.0502. The van der Waals surface area contributed by atoms with Crippen LogP contribution in [0.1, 0.15) is 19.6 Å². The third kappa shape index (κ3) is 0.943. The van der Waals surface area contributed by atoms with E-state index in [1.165, 1.54) is 0 Å². The van der Waals surface area contributed by atoms with Gasteiger partial charge in [-0.05, 0) is 13.8 Å². The highest BCUT2D eigenvalue weighted by atomic mass is 16.6. The van der Waals surface area contributed by atoms with Crippen LogP contribution < -0.4 is 11.1 Å². The number of rotatable bonds is 0. The summed E-state index contributed by atoms with van der Waals surface area (Å²) in [5, 5.41) is 3.03. The highest BCUT2D eigenvalue weighted by molar-refractivity contribution is 5.44. The van der Waals surface area contributed by atoms with E-state index in [4.69, 9.17) is 8.83 Å². The molecule has 1 aliphatic rings. The second-order valence-corrected chi connectivity index (χ2v) is 3.39. The maximum Gasteiger partial charge on any atom is 0.520 e. The van der Waals surface area contributed by atoms with Gasteiger partial charge >= 0.3 is 5.82 Å². The highest BCUT2D eigenvalue weighted by Crippen LogP contribution is 2.30. The Morgan fingerprint density at radius 2 is 2.18 bits per heavy atom. The molecule has 0 saturated carbocycles.